The first-order valence-corrected chi connectivity index (χ1v) is 5.04. The largest absolute Gasteiger partial charge is 0.330 e. The van der Waals surface area contributed by atoms with Crippen molar-refractivity contribution in [1.82, 2.24) is 15.2 Å². The molecule has 80 valence electrons. The van der Waals surface area contributed by atoms with E-state index in [1.165, 1.54) is 0 Å². The Morgan fingerprint density at radius 3 is 2.43 bits per heavy atom. The highest BCUT2D eigenvalue weighted by Crippen LogP contribution is 2.06. The molecule has 0 spiro atoms. The number of rotatable bonds is 6. The van der Waals surface area contributed by atoms with Gasteiger partial charge in [-0.25, -0.2) is 4.63 Å². The number of hydrogen-bond acceptors (Lipinski definition) is 5. The van der Waals surface area contributed by atoms with Gasteiger partial charge < -0.3 is 5.73 Å². The zero-order chi connectivity index (χ0) is 10.4. The molecule has 5 heteroatoms. The van der Waals surface area contributed by atoms with Crippen molar-refractivity contribution in [3.8, 4) is 0 Å². The predicted octanol–water partition coefficient (Wildman–Crippen LogP) is 0.413. The fourth-order valence-corrected chi connectivity index (χ4v) is 1.33. The molecule has 0 atom stereocenters. The molecule has 0 fully saturated rings. The lowest BCUT2D eigenvalue weighted by atomic mass is 10.2. The van der Waals surface area contributed by atoms with E-state index in [9.17, 15) is 0 Å². The van der Waals surface area contributed by atoms with Gasteiger partial charge >= 0.3 is 0 Å². The molecule has 0 aliphatic carbocycles. The van der Waals surface area contributed by atoms with Gasteiger partial charge in [-0.3, -0.25) is 4.90 Å². The van der Waals surface area contributed by atoms with Gasteiger partial charge in [0, 0.05) is 13.0 Å². The van der Waals surface area contributed by atoms with Crippen molar-refractivity contribution in [1.29, 1.82) is 0 Å². The summed E-state index contributed by atoms with van der Waals surface area (Å²) in [6, 6.07) is 0. The maximum absolute atomic E-state index is 5.46. The zero-order valence-electron chi connectivity index (χ0n) is 8.86. The number of hydrogen-bond donors (Lipinski definition) is 1. The molecule has 0 aromatic carbocycles. The molecule has 5 nitrogen and oxygen atoms in total. The van der Waals surface area contributed by atoms with Crippen LogP contribution in [0.1, 0.15) is 25.2 Å². The Morgan fingerprint density at radius 1 is 1.21 bits per heavy atom. The van der Waals surface area contributed by atoms with Crippen molar-refractivity contribution < 1.29 is 4.63 Å². The van der Waals surface area contributed by atoms with Crippen LogP contribution < -0.4 is 5.73 Å². The normalized spacial score (nSPS) is 11.1. The van der Waals surface area contributed by atoms with Crippen LogP contribution in [0.5, 0.6) is 0 Å². The average Bonchev–Trinajstić information content (AvgIpc) is 2.62. The molecular weight excluding hydrogens is 180 g/mol. The van der Waals surface area contributed by atoms with Crippen molar-refractivity contribution in [2.45, 2.75) is 26.8 Å². The SMILES string of the molecule is CCN(CC)Cc1nonc1CCN. The quantitative estimate of drug-likeness (QED) is 0.717. The third-order valence-corrected chi connectivity index (χ3v) is 2.28. The van der Waals surface area contributed by atoms with Gasteiger partial charge in [-0.2, -0.15) is 0 Å². The molecule has 1 heterocycles. The summed E-state index contributed by atoms with van der Waals surface area (Å²) in [6.45, 7) is 7.64. The summed E-state index contributed by atoms with van der Waals surface area (Å²) in [6.07, 6.45) is 0.736. The van der Waals surface area contributed by atoms with E-state index in [1.807, 2.05) is 0 Å². The molecule has 1 aromatic rings. The van der Waals surface area contributed by atoms with Gasteiger partial charge in [0.05, 0.1) is 0 Å². The van der Waals surface area contributed by atoms with Gasteiger partial charge in [0.15, 0.2) is 0 Å². The van der Waals surface area contributed by atoms with Gasteiger partial charge in [0.25, 0.3) is 0 Å². The molecule has 2 N–H and O–H groups in total. The minimum absolute atomic E-state index is 0.583. The number of nitrogens with two attached hydrogens (primary N) is 1. The fourth-order valence-electron chi connectivity index (χ4n) is 1.33. The standard InChI is InChI=1S/C9H18N4O/c1-3-13(4-2)7-9-8(5-6-10)11-14-12-9/h3-7,10H2,1-2H3. The Balaban J connectivity index is 2.60. The lowest BCUT2D eigenvalue weighted by Crippen LogP contribution is -2.23. The Labute approximate surface area is 84.2 Å². The van der Waals surface area contributed by atoms with E-state index >= 15 is 0 Å². The Morgan fingerprint density at radius 2 is 1.86 bits per heavy atom. The van der Waals surface area contributed by atoms with Crippen LogP contribution in [-0.2, 0) is 13.0 Å². The second kappa shape index (κ2) is 5.72. The molecule has 0 aliphatic heterocycles. The second-order valence-corrected chi connectivity index (χ2v) is 3.16. The van der Waals surface area contributed by atoms with Crippen molar-refractivity contribution in [2.24, 2.45) is 5.73 Å². The van der Waals surface area contributed by atoms with E-state index in [1.54, 1.807) is 0 Å². The van der Waals surface area contributed by atoms with Crippen molar-refractivity contribution >= 4 is 0 Å². The van der Waals surface area contributed by atoms with Crippen LogP contribution in [0, 0.1) is 0 Å². The summed E-state index contributed by atoms with van der Waals surface area (Å²) < 4.78 is 4.71. The summed E-state index contributed by atoms with van der Waals surface area (Å²) in [4.78, 5) is 2.26. The molecule has 0 saturated heterocycles. The Kier molecular flexibility index (Phi) is 4.55. The topological polar surface area (TPSA) is 68.2 Å². The van der Waals surface area contributed by atoms with Crippen LogP contribution in [-0.4, -0.2) is 34.8 Å². The summed E-state index contributed by atoms with van der Waals surface area (Å²) in [5.74, 6) is 0. The van der Waals surface area contributed by atoms with Crippen molar-refractivity contribution in [3.63, 3.8) is 0 Å². The third-order valence-electron chi connectivity index (χ3n) is 2.28. The van der Waals surface area contributed by atoms with E-state index in [2.05, 4.69) is 29.1 Å². The highest BCUT2D eigenvalue weighted by atomic mass is 16.6. The maximum atomic E-state index is 5.46. The van der Waals surface area contributed by atoms with Crippen LogP contribution in [0.25, 0.3) is 0 Å². The highest BCUT2D eigenvalue weighted by molar-refractivity contribution is 5.07. The first kappa shape index (κ1) is 11.1. The monoisotopic (exact) mass is 198 g/mol. The number of nitrogens with zero attached hydrogens (tertiary/aromatic N) is 3. The second-order valence-electron chi connectivity index (χ2n) is 3.16. The highest BCUT2D eigenvalue weighted by Gasteiger charge is 2.11. The van der Waals surface area contributed by atoms with E-state index in [0.29, 0.717) is 6.54 Å². The maximum Gasteiger partial charge on any atom is 0.122 e. The average molecular weight is 198 g/mol. The molecule has 0 amide bonds. The lowest BCUT2D eigenvalue weighted by Gasteiger charge is -2.15. The zero-order valence-corrected chi connectivity index (χ0v) is 8.86. The van der Waals surface area contributed by atoms with Crippen LogP contribution in [0.2, 0.25) is 0 Å². The van der Waals surface area contributed by atoms with Crippen molar-refractivity contribution in [3.05, 3.63) is 11.4 Å². The Bertz CT molecular complexity index is 257. The van der Waals surface area contributed by atoms with Crippen molar-refractivity contribution in [2.75, 3.05) is 19.6 Å². The smallest absolute Gasteiger partial charge is 0.122 e. The third kappa shape index (κ3) is 2.78. The first-order valence-electron chi connectivity index (χ1n) is 5.04. The van der Waals surface area contributed by atoms with Crippen LogP contribution in [0.4, 0.5) is 0 Å². The van der Waals surface area contributed by atoms with E-state index in [0.717, 1.165) is 37.4 Å². The molecular formula is C9H18N4O. The summed E-state index contributed by atoms with van der Waals surface area (Å²) >= 11 is 0. The van der Waals surface area contributed by atoms with Gasteiger partial charge in [0.2, 0.25) is 0 Å². The molecule has 0 radical (unpaired) electrons. The molecule has 0 unspecified atom stereocenters. The Hall–Kier alpha value is -0.940. The number of aromatic nitrogens is 2. The first-order chi connectivity index (χ1) is 6.81. The van der Waals surface area contributed by atoms with Gasteiger partial charge in [-0.05, 0) is 19.6 Å². The van der Waals surface area contributed by atoms with Gasteiger partial charge in [-0.1, -0.05) is 24.2 Å². The predicted molar refractivity (Wildman–Crippen MR) is 53.7 cm³/mol. The lowest BCUT2D eigenvalue weighted by molar-refractivity contribution is 0.269. The molecule has 0 bridgehead atoms. The van der Waals surface area contributed by atoms with Crippen LogP contribution in [0.15, 0.2) is 4.63 Å². The molecule has 0 saturated carbocycles. The van der Waals surface area contributed by atoms with Crippen LogP contribution in [0.3, 0.4) is 0 Å². The summed E-state index contributed by atoms with van der Waals surface area (Å²) in [5, 5.41) is 7.72. The van der Waals surface area contributed by atoms with Crippen LogP contribution >= 0.6 is 0 Å². The molecule has 0 aliphatic rings. The minimum atomic E-state index is 0.583. The van der Waals surface area contributed by atoms with E-state index in [-0.39, 0.29) is 0 Å². The fraction of sp³-hybridized carbons (Fsp3) is 0.778. The van der Waals surface area contributed by atoms with E-state index < -0.39 is 0 Å². The van der Waals surface area contributed by atoms with Gasteiger partial charge in [-0.15, -0.1) is 0 Å². The summed E-state index contributed by atoms with van der Waals surface area (Å²) in [7, 11) is 0. The summed E-state index contributed by atoms with van der Waals surface area (Å²) in [5.41, 5.74) is 7.27. The molecule has 1 rings (SSSR count). The van der Waals surface area contributed by atoms with Gasteiger partial charge in [0.1, 0.15) is 11.4 Å². The molecule has 14 heavy (non-hydrogen) atoms. The molecule has 1 aromatic heterocycles. The minimum Gasteiger partial charge on any atom is -0.330 e. The van der Waals surface area contributed by atoms with E-state index in [4.69, 9.17) is 10.4 Å².